The molecule has 2 heterocycles. The number of nitriles is 1. The van der Waals surface area contributed by atoms with Gasteiger partial charge in [0.15, 0.2) is 0 Å². The lowest BCUT2D eigenvalue weighted by Gasteiger charge is -2.17. The summed E-state index contributed by atoms with van der Waals surface area (Å²) in [5, 5.41) is 12.8. The second-order valence-corrected chi connectivity index (χ2v) is 6.43. The summed E-state index contributed by atoms with van der Waals surface area (Å²) in [6.45, 7) is 3.03. The van der Waals surface area contributed by atoms with Crippen LogP contribution in [-0.2, 0) is 27.1 Å². The van der Waals surface area contributed by atoms with E-state index < -0.39 is 0 Å². The van der Waals surface area contributed by atoms with Gasteiger partial charge in [0.05, 0.1) is 5.56 Å². The van der Waals surface area contributed by atoms with Crippen LogP contribution < -0.4 is 5.32 Å². The smallest absolute Gasteiger partial charge is 0.294 e. The third-order valence-electron chi connectivity index (χ3n) is 3.72. The summed E-state index contributed by atoms with van der Waals surface area (Å²) in [4.78, 5) is 13.3. The second-order valence-electron chi connectivity index (χ2n) is 5.32. The molecule has 3 rings (SSSR count). The van der Waals surface area contributed by atoms with Gasteiger partial charge >= 0.3 is 0 Å². The first-order valence-electron chi connectivity index (χ1n) is 6.99. The molecule has 1 aliphatic heterocycles. The van der Waals surface area contributed by atoms with E-state index in [1.807, 2.05) is 0 Å². The van der Waals surface area contributed by atoms with E-state index in [1.54, 1.807) is 0 Å². The van der Waals surface area contributed by atoms with Crippen LogP contribution in [0, 0.1) is 17.2 Å². The molecule has 1 amide bonds. The first-order valence-corrected chi connectivity index (χ1v) is 7.81. The zero-order valence-electron chi connectivity index (χ0n) is 11.8. The Labute approximate surface area is 127 Å². The first-order chi connectivity index (χ1) is 10.2. The number of carbonyl (C=O) groups excluding carboxylic acids is 1. The van der Waals surface area contributed by atoms with Crippen molar-refractivity contribution in [3.8, 4) is 6.07 Å². The molecule has 0 unspecified atom stereocenters. The molecule has 21 heavy (non-hydrogen) atoms. The van der Waals surface area contributed by atoms with E-state index >= 15 is 0 Å². The van der Waals surface area contributed by atoms with Crippen LogP contribution in [0.4, 0.5) is 5.00 Å². The number of amides is 1. The SMILES string of the molecule is C[C@@H]1CCc2c(sc(NC(=O)C3=COCCO3)c2C#N)C1. The number of thiophene rings is 1. The molecule has 5 nitrogen and oxygen atoms in total. The maximum Gasteiger partial charge on any atom is 0.294 e. The van der Waals surface area contributed by atoms with Crippen LogP contribution in [0.1, 0.15) is 29.3 Å². The van der Waals surface area contributed by atoms with Gasteiger partial charge in [-0.1, -0.05) is 6.92 Å². The van der Waals surface area contributed by atoms with Gasteiger partial charge in [0.1, 0.15) is 30.5 Å². The van der Waals surface area contributed by atoms with E-state index in [4.69, 9.17) is 9.47 Å². The van der Waals surface area contributed by atoms with Crippen LogP contribution in [0.25, 0.3) is 0 Å². The molecule has 1 aromatic rings. The highest BCUT2D eigenvalue weighted by Gasteiger charge is 2.25. The predicted octanol–water partition coefficient (Wildman–Crippen LogP) is 2.57. The van der Waals surface area contributed by atoms with Crippen LogP contribution in [0.3, 0.4) is 0 Å². The number of ether oxygens (including phenoxy) is 2. The summed E-state index contributed by atoms with van der Waals surface area (Å²) in [6, 6.07) is 2.23. The molecule has 1 aromatic heterocycles. The average molecular weight is 304 g/mol. The molecule has 0 saturated carbocycles. The van der Waals surface area contributed by atoms with Crippen LogP contribution in [-0.4, -0.2) is 19.1 Å². The third kappa shape index (κ3) is 2.74. The maximum atomic E-state index is 12.1. The van der Waals surface area contributed by atoms with Gasteiger partial charge in [-0.15, -0.1) is 11.3 Å². The monoisotopic (exact) mass is 304 g/mol. The fourth-order valence-electron chi connectivity index (χ4n) is 2.61. The minimum absolute atomic E-state index is 0.157. The normalized spacial score (nSPS) is 20.4. The number of carbonyl (C=O) groups is 1. The molecule has 1 aliphatic carbocycles. The molecule has 0 spiro atoms. The lowest BCUT2D eigenvalue weighted by molar-refractivity contribution is -0.117. The quantitative estimate of drug-likeness (QED) is 0.911. The molecule has 0 fully saturated rings. The van der Waals surface area contributed by atoms with Gasteiger partial charge in [-0.05, 0) is 30.7 Å². The Bertz CT molecular complexity index is 642. The topological polar surface area (TPSA) is 71.3 Å². The summed E-state index contributed by atoms with van der Waals surface area (Å²) < 4.78 is 10.3. The summed E-state index contributed by atoms with van der Waals surface area (Å²) in [5.41, 5.74) is 1.71. The second kappa shape index (κ2) is 5.78. The summed E-state index contributed by atoms with van der Waals surface area (Å²) in [7, 11) is 0. The zero-order valence-corrected chi connectivity index (χ0v) is 12.6. The Kier molecular flexibility index (Phi) is 3.84. The fourth-order valence-corrected chi connectivity index (χ4v) is 3.97. The largest absolute Gasteiger partial charge is 0.494 e. The molecular weight excluding hydrogens is 288 g/mol. The van der Waals surface area contributed by atoms with Crippen LogP contribution >= 0.6 is 11.3 Å². The van der Waals surface area contributed by atoms with Crippen molar-refractivity contribution in [2.75, 3.05) is 18.5 Å². The van der Waals surface area contributed by atoms with Crippen molar-refractivity contribution in [2.45, 2.75) is 26.2 Å². The maximum absolute atomic E-state index is 12.1. The zero-order chi connectivity index (χ0) is 14.8. The molecular formula is C15H16N2O3S. The van der Waals surface area contributed by atoms with Gasteiger partial charge in [-0.2, -0.15) is 5.26 Å². The number of nitrogens with one attached hydrogen (secondary N) is 1. The van der Waals surface area contributed by atoms with Crippen molar-refractivity contribution >= 4 is 22.2 Å². The highest BCUT2D eigenvalue weighted by molar-refractivity contribution is 7.16. The highest BCUT2D eigenvalue weighted by Crippen LogP contribution is 2.39. The van der Waals surface area contributed by atoms with Crippen molar-refractivity contribution in [2.24, 2.45) is 5.92 Å². The molecule has 6 heteroatoms. The highest BCUT2D eigenvalue weighted by atomic mass is 32.1. The van der Waals surface area contributed by atoms with Crippen molar-refractivity contribution in [3.05, 3.63) is 28.0 Å². The van der Waals surface area contributed by atoms with Crippen molar-refractivity contribution in [1.82, 2.24) is 0 Å². The van der Waals surface area contributed by atoms with Gasteiger partial charge in [-0.3, -0.25) is 4.79 Å². The van der Waals surface area contributed by atoms with Crippen LogP contribution in [0.15, 0.2) is 12.0 Å². The van der Waals surface area contributed by atoms with Crippen LogP contribution in [0.2, 0.25) is 0 Å². The first kappa shape index (κ1) is 14.0. The molecule has 0 saturated heterocycles. The lowest BCUT2D eigenvalue weighted by Crippen LogP contribution is -2.21. The minimum Gasteiger partial charge on any atom is -0.494 e. The number of rotatable bonds is 2. The van der Waals surface area contributed by atoms with Gasteiger partial charge in [0.2, 0.25) is 5.76 Å². The minimum atomic E-state index is -0.363. The Morgan fingerprint density at radius 3 is 3.10 bits per heavy atom. The van der Waals surface area contributed by atoms with Crippen LogP contribution in [0.5, 0.6) is 0 Å². The predicted molar refractivity (Wildman–Crippen MR) is 78.8 cm³/mol. The standard InChI is InChI=1S/C15H16N2O3S/c1-9-2-3-10-11(7-16)15(21-13(10)6-9)17-14(18)12-8-19-4-5-20-12/h8-9H,2-6H2,1H3,(H,17,18)/t9-/m1/s1. The number of fused-ring (bicyclic) bond motifs is 1. The van der Waals surface area contributed by atoms with E-state index in [1.165, 1.54) is 22.5 Å². The van der Waals surface area contributed by atoms with Crippen molar-refractivity contribution in [1.29, 1.82) is 5.26 Å². The Morgan fingerprint density at radius 1 is 1.52 bits per heavy atom. The van der Waals surface area contributed by atoms with Gasteiger partial charge in [0, 0.05) is 4.88 Å². The van der Waals surface area contributed by atoms with E-state index in [2.05, 4.69) is 18.3 Å². The van der Waals surface area contributed by atoms with E-state index in [0.717, 1.165) is 24.8 Å². The number of anilines is 1. The molecule has 0 aromatic carbocycles. The number of hydrogen-bond acceptors (Lipinski definition) is 5. The van der Waals surface area contributed by atoms with E-state index in [0.29, 0.717) is 29.7 Å². The molecule has 1 N–H and O–H groups in total. The lowest BCUT2D eigenvalue weighted by atomic mass is 9.89. The molecule has 0 bridgehead atoms. The Balaban J connectivity index is 1.84. The molecule has 2 aliphatic rings. The van der Waals surface area contributed by atoms with Crippen molar-refractivity contribution < 1.29 is 14.3 Å². The third-order valence-corrected chi connectivity index (χ3v) is 4.89. The number of hydrogen-bond donors (Lipinski definition) is 1. The molecule has 110 valence electrons. The Hall–Kier alpha value is -2.00. The average Bonchev–Trinajstić information content (AvgIpc) is 2.84. The number of nitrogens with zero attached hydrogens (tertiary/aromatic N) is 1. The summed E-state index contributed by atoms with van der Waals surface area (Å²) in [6.07, 6.45) is 4.30. The molecule has 0 radical (unpaired) electrons. The van der Waals surface area contributed by atoms with Gasteiger partial charge in [0.25, 0.3) is 5.91 Å². The van der Waals surface area contributed by atoms with E-state index in [-0.39, 0.29) is 11.7 Å². The van der Waals surface area contributed by atoms with Gasteiger partial charge < -0.3 is 14.8 Å². The summed E-state index contributed by atoms with van der Waals surface area (Å²) in [5.74, 6) is 0.423. The van der Waals surface area contributed by atoms with E-state index in [9.17, 15) is 10.1 Å². The molecule has 1 atom stereocenters. The summed E-state index contributed by atoms with van der Waals surface area (Å²) >= 11 is 1.50. The Morgan fingerprint density at radius 2 is 2.38 bits per heavy atom. The van der Waals surface area contributed by atoms with Gasteiger partial charge in [-0.25, -0.2) is 0 Å². The fraction of sp³-hybridized carbons (Fsp3) is 0.467. The van der Waals surface area contributed by atoms with Crippen molar-refractivity contribution in [3.63, 3.8) is 0 Å².